The number of aromatic nitrogens is 4. The molecule has 74 valence electrons. The molecule has 1 aromatic carbocycles. The van der Waals surface area contributed by atoms with Gasteiger partial charge in [-0.3, -0.25) is 0 Å². The molecular weight excluding hydrogens is 208 g/mol. The minimum atomic E-state index is 0.568. The summed E-state index contributed by atoms with van der Waals surface area (Å²) >= 11 is 5.17. The van der Waals surface area contributed by atoms with Crippen LogP contribution in [0.1, 0.15) is 5.56 Å². The first kappa shape index (κ1) is 8.55. The molecule has 4 nitrogen and oxygen atoms in total. The van der Waals surface area contributed by atoms with Crippen molar-refractivity contribution in [1.29, 1.82) is 0 Å². The summed E-state index contributed by atoms with van der Waals surface area (Å²) in [6, 6.07) is 6.17. The minimum absolute atomic E-state index is 0.568. The Balaban J connectivity index is 2.67. The molecule has 0 bridgehead atoms. The number of fused-ring (bicyclic) bond motifs is 3. The monoisotopic (exact) mass is 216 g/mol. The van der Waals surface area contributed by atoms with E-state index in [0.717, 1.165) is 16.4 Å². The highest BCUT2D eigenvalue weighted by Gasteiger charge is 2.03. The van der Waals surface area contributed by atoms with Crippen LogP contribution in [-0.4, -0.2) is 19.8 Å². The molecule has 1 N–H and O–H groups in total. The second kappa shape index (κ2) is 2.87. The molecule has 0 amide bonds. The maximum absolute atomic E-state index is 5.17. The van der Waals surface area contributed by atoms with Gasteiger partial charge < -0.3 is 4.98 Å². The number of H-pyrrole nitrogens is 1. The van der Waals surface area contributed by atoms with Crippen molar-refractivity contribution in [1.82, 2.24) is 19.8 Å². The van der Waals surface area contributed by atoms with Crippen molar-refractivity contribution in [3.8, 4) is 0 Å². The molecule has 2 heterocycles. The van der Waals surface area contributed by atoms with Gasteiger partial charge in [-0.1, -0.05) is 16.8 Å². The first-order valence-electron chi connectivity index (χ1n) is 4.59. The normalized spacial score (nSPS) is 11.3. The Bertz CT molecular complexity index is 710. The second-order valence-electron chi connectivity index (χ2n) is 3.51. The van der Waals surface area contributed by atoms with E-state index in [0.29, 0.717) is 4.77 Å². The Morgan fingerprint density at radius 3 is 3.13 bits per heavy atom. The largest absolute Gasteiger partial charge is 0.330 e. The SMILES string of the molecule is Cc1ccc2[nH]c(=S)n3nncc3c2c1. The molecule has 3 aromatic rings. The van der Waals surface area contributed by atoms with Gasteiger partial charge in [0.2, 0.25) is 4.77 Å². The summed E-state index contributed by atoms with van der Waals surface area (Å²) in [4.78, 5) is 3.12. The van der Waals surface area contributed by atoms with Crippen LogP contribution in [-0.2, 0) is 0 Å². The fraction of sp³-hybridized carbons (Fsp3) is 0.100. The Hall–Kier alpha value is -1.75. The minimum Gasteiger partial charge on any atom is -0.330 e. The molecule has 0 aliphatic carbocycles. The fourth-order valence-electron chi connectivity index (χ4n) is 1.72. The predicted molar refractivity (Wildman–Crippen MR) is 60.4 cm³/mol. The van der Waals surface area contributed by atoms with Crippen LogP contribution in [0, 0.1) is 11.7 Å². The van der Waals surface area contributed by atoms with E-state index in [1.807, 2.05) is 12.1 Å². The van der Waals surface area contributed by atoms with Crippen LogP contribution < -0.4 is 0 Å². The van der Waals surface area contributed by atoms with Crippen molar-refractivity contribution >= 4 is 28.6 Å². The average Bonchev–Trinajstić information content (AvgIpc) is 2.69. The highest BCUT2D eigenvalue weighted by molar-refractivity contribution is 7.71. The van der Waals surface area contributed by atoms with Gasteiger partial charge in [-0.25, -0.2) is 0 Å². The molecule has 0 saturated heterocycles. The molecule has 5 heteroatoms. The molecule has 0 atom stereocenters. The van der Waals surface area contributed by atoms with Gasteiger partial charge in [0.1, 0.15) is 0 Å². The number of aryl methyl sites for hydroxylation is 1. The predicted octanol–water partition coefficient (Wildman–Crippen LogP) is 2.25. The van der Waals surface area contributed by atoms with Crippen molar-refractivity contribution in [3.63, 3.8) is 0 Å². The summed E-state index contributed by atoms with van der Waals surface area (Å²) in [5.41, 5.74) is 3.16. The lowest BCUT2D eigenvalue weighted by Gasteiger charge is -2.01. The highest BCUT2D eigenvalue weighted by Crippen LogP contribution is 2.18. The molecule has 0 saturated carbocycles. The van der Waals surface area contributed by atoms with Gasteiger partial charge in [-0.2, -0.15) is 4.52 Å². The highest BCUT2D eigenvalue weighted by atomic mass is 32.1. The average molecular weight is 216 g/mol. The van der Waals surface area contributed by atoms with Crippen LogP contribution in [0.4, 0.5) is 0 Å². The van der Waals surface area contributed by atoms with Crippen molar-refractivity contribution < 1.29 is 0 Å². The van der Waals surface area contributed by atoms with E-state index in [2.05, 4.69) is 28.3 Å². The van der Waals surface area contributed by atoms with Crippen LogP contribution >= 0.6 is 12.2 Å². The van der Waals surface area contributed by atoms with Gasteiger partial charge in [0, 0.05) is 10.9 Å². The van der Waals surface area contributed by atoms with Gasteiger partial charge in [0.05, 0.1) is 11.7 Å². The summed E-state index contributed by atoms with van der Waals surface area (Å²) in [5.74, 6) is 0. The lowest BCUT2D eigenvalue weighted by atomic mass is 10.1. The molecule has 0 spiro atoms. The van der Waals surface area contributed by atoms with E-state index in [-0.39, 0.29) is 0 Å². The third kappa shape index (κ3) is 1.16. The van der Waals surface area contributed by atoms with Crippen molar-refractivity contribution in [3.05, 3.63) is 34.7 Å². The second-order valence-corrected chi connectivity index (χ2v) is 3.90. The molecular formula is C10H8N4S. The first-order valence-corrected chi connectivity index (χ1v) is 4.99. The van der Waals surface area contributed by atoms with Gasteiger partial charge >= 0.3 is 0 Å². The lowest BCUT2D eigenvalue weighted by molar-refractivity contribution is 0.828. The Morgan fingerprint density at radius 1 is 1.40 bits per heavy atom. The number of hydrogen-bond acceptors (Lipinski definition) is 3. The number of nitrogens with one attached hydrogen (secondary N) is 1. The van der Waals surface area contributed by atoms with Gasteiger partial charge in [-0.05, 0) is 31.3 Å². The first-order chi connectivity index (χ1) is 7.25. The van der Waals surface area contributed by atoms with Crippen LogP contribution in [0.2, 0.25) is 0 Å². The standard InChI is InChI=1S/C10H8N4S/c1-6-2-3-8-7(4-6)9-5-11-13-14(9)10(15)12-8/h2-5H,1H3,(H,12,15). The van der Waals surface area contributed by atoms with Crippen LogP contribution in [0.15, 0.2) is 24.4 Å². The van der Waals surface area contributed by atoms with Gasteiger partial charge in [0.15, 0.2) is 0 Å². The Labute approximate surface area is 90.6 Å². The number of nitrogens with zero attached hydrogens (tertiary/aromatic N) is 3. The van der Waals surface area contributed by atoms with Gasteiger partial charge in [0.25, 0.3) is 0 Å². The summed E-state index contributed by atoms with van der Waals surface area (Å²) in [6.07, 6.45) is 1.73. The summed E-state index contributed by atoms with van der Waals surface area (Å²) in [6.45, 7) is 2.06. The molecule has 0 fully saturated rings. The Morgan fingerprint density at radius 2 is 2.27 bits per heavy atom. The van der Waals surface area contributed by atoms with E-state index < -0.39 is 0 Å². The summed E-state index contributed by atoms with van der Waals surface area (Å²) < 4.78 is 2.20. The Kier molecular flexibility index (Phi) is 1.63. The van der Waals surface area contributed by atoms with Crippen molar-refractivity contribution in [2.75, 3.05) is 0 Å². The van der Waals surface area contributed by atoms with Crippen LogP contribution in [0.25, 0.3) is 16.4 Å². The molecule has 0 radical (unpaired) electrons. The molecule has 0 aliphatic rings. The third-order valence-corrected chi connectivity index (χ3v) is 2.71. The van der Waals surface area contributed by atoms with Crippen molar-refractivity contribution in [2.24, 2.45) is 0 Å². The topological polar surface area (TPSA) is 46.0 Å². The van der Waals surface area contributed by atoms with Crippen molar-refractivity contribution in [2.45, 2.75) is 6.92 Å². The molecule has 0 aliphatic heterocycles. The van der Waals surface area contributed by atoms with Crippen LogP contribution in [0.3, 0.4) is 0 Å². The number of rotatable bonds is 0. The van der Waals surface area contributed by atoms with E-state index in [1.54, 1.807) is 10.7 Å². The summed E-state index contributed by atoms with van der Waals surface area (Å²) in [7, 11) is 0. The lowest BCUT2D eigenvalue weighted by Crippen LogP contribution is -1.94. The molecule has 0 unspecified atom stereocenters. The number of aromatic amines is 1. The van der Waals surface area contributed by atoms with E-state index >= 15 is 0 Å². The van der Waals surface area contributed by atoms with E-state index in [4.69, 9.17) is 12.2 Å². The smallest absolute Gasteiger partial charge is 0.200 e. The van der Waals surface area contributed by atoms with Crippen LogP contribution in [0.5, 0.6) is 0 Å². The number of hydrogen-bond donors (Lipinski definition) is 1. The zero-order valence-corrected chi connectivity index (χ0v) is 8.88. The maximum Gasteiger partial charge on any atom is 0.200 e. The molecule has 2 aromatic heterocycles. The molecule has 15 heavy (non-hydrogen) atoms. The van der Waals surface area contributed by atoms with E-state index in [1.165, 1.54) is 5.56 Å². The van der Waals surface area contributed by atoms with E-state index in [9.17, 15) is 0 Å². The number of benzene rings is 1. The zero-order chi connectivity index (χ0) is 10.4. The molecule has 3 rings (SSSR count). The maximum atomic E-state index is 5.17. The summed E-state index contributed by atoms with van der Waals surface area (Å²) in [5, 5.41) is 8.89. The third-order valence-electron chi connectivity index (χ3n) is 2.43. The fourth-order valence-corrected chi connectivity index (χ4v) is 1.96. The quantitative estimate of drug-likeness (QED) is 0.586. The van der Waals surface area contributed by atoms with Gasteiger partial charge in [-0.15, -0.1) is 5.10 Å². The zero-order valence-electron chi connectivity index (χ0n) is 8.06.